The number of carbonyl (C=O) groups excluding carboxylic acids is 1. The number of esters is 1. The fraction of sp³-hybridized carbons (Fsp3) is 0.476. The van der Waals surface area contributed by atoms with Crippen molar-refractivity contribution in [1.29, 1.82) is 0 Å². The standard InChI is InChI=1S/C19H21NO2.C2H6/c1-13-5-4-6-14(11-13)15-8-10-20-9-3-2-7-17(20)19-16(15)12-18(21)22-19;1-2/h4-6,8,11-12,17,19H,2-3,7,9-10H2,1H3;1-2H3. The van der Waals surface area contributed by atoms with Crippen molar-refractivity contribution in [2.24, 2.45) is 0 Å². The normalized spacial score (nSPS) is 26.0. The lowest BCUT2D eigenvalue weighted by atomic mass is 9.89. The van der Waals surface area contributed by atoms with Crippen molar-refractivity contribution in [3.05, 3.63) is 53.1 Å². The van der Waals surface area contributed by atoms with Gasteiger partial charge in [0.05, 0.1) is 6.04 Å². The molecule has 1 fully saturated rings. The summed E-state index contributed by atoms with van der Waals surface area (Å²) in [6, 6.07) is 8.84. The van der Waals surface area contributed by atoms with E-state index in [-0.39, 0.29) is 12.1 Å². The first-order valence-corrected chi connectivity index (χ1v) is 9.16. The van der Waals surface area contributed by atoms with Crippen LogP contribution in [0.2, 0.25) is 0 Å². The Morgan fingerprint density at radius 2 is 2.04 bits per heavy atom. The van der Waals surface area contributed by atoms with Gasteiger partial charge in [-0.15, -0.1) is 0 Å². The van der Waals surface area contributed by atoms with Crippen LogP contribution in [0.1, 0.15) is 44.2 Å². The van der Waals surface area contributed by atoms with Crippen LogP contribution in [-0.4, -0.2) is 36.1 Å². The van der Waals surface area contributed by atoms with Crippen LogP contribution in [-0.2, 0) is 9.53 Å². The monoisotopic (exact) mass is 325 g/mol. The summed E-state index contributed by atoms with van der Waals surface area (Å²) in [6.45, 7) is 8.15. The van der Waals surface area contributed by atoms with Crippen LogP contribution in [0.3, 0.4) is 0 Å². The van der Waals surface area contributed by atoms with Crippen LogP contribution in [0, 0.1) is 6.92 Å². The van der Waals surface area contributed by atoms with Crippen molar-refractivity contribution in [3.63, 3.8) is 0 Å². The molecule has 0 amide bonds. The number of piperidine rings is 1. The summed E-state index contributed by atoms with van der Waals surface area (Å²) in [5, 5.41) is 0. The van der Waals surface area contributed by atoms with Crippen molar-refractivity contribution in [2.75, 3.05) is 13.1 Å². The minimum atomic E-state index is -0.189. The molecule has 3 heteroatoms. The van der Waals surface area contributed by atoms with Crippen molar-refractivity contribution < 1.29 is 9.53 Å². The summed E-state index contributed by atoms with van der Waals surface area (Å²) >= 11 is 0. The molecule has 0 N–H and O–H groups in total. The summed E-state index contributed by atoms with van der Waals surface area (Å²) in [6.07, 6.45) is 7.47. The largest absolute Gasteiger partial charge is 0.453 e. The first-order chi connectivity index (χ1) is 11.7. The molecule has 2 atom stereocenters. The molecule has 0 aromatic heterocycles. The Bertz CT molecular complexity index is 674. The number of ether oxygens (including phenoxy) is 1. The van der Waals surface area contributed by atoms with E-state index in [0.717, 1.165) is 25.1 Å². The fourth-order valence-electron chi connectivity index (χ4n) is 3.96. The Labute approximate surface area is 145 Å². The van der Waals surface area contributed by atoms with Crippen molar-refractivity contribution in [2.45, 2.75) is 52.2 Å². The van der Waals surface area contributed by atoms with Gasteiger partial charge in [0.25, 0.3) is 0 Å². The van der Waals surface area contributed by atoms with Gasteiger partial charge < -0.3 is 4.74 Å². The molecule has 1 aromatic rings. The molecule has 0 spiro atoms. The Kier molecular flexibility index (Phi) is 5.20. The molecule has 1 aromatic carbocycles. The second-order valence-corrected chi connectivity index (χ2v) is 6.50. The van der Waals surface area contributed by atoms with Gasteiger partial charge in [-0.05, 0) is 37.4 Å². The predicted molar refractivity (Wildman–Crippen MR) is 97.7 cm³/mol. The zero-order chi connectivity index (χ0) is 17.1. The molecular weight excluding hydrogens is 298 g/mol. The van der Waals surface area contributed by atoms with Gasteiger partial charge in [0.15, 0.2) is 0 Å². The first kappa shape index (κ1) is 17.0. The van der Waals surface area contributed by atoms with Gasteiger partial charge in [-0.1, -0.05) is 56.2 Å². The molecule has 3 aliphatic rings. The Morgan fingerprint density at radius 1 is 1.21 bits per heavy atom. The van der Waals surface area contributed by atoms with E-state index in [1.165, 1.54) is 29.5 Å². The van der Waals surface area contributed by atoms with Crippen molar-refractivity contribution in [1.82, 2.24) is 4.90 Å². The molecule has 0 radical (unpaired) electrons. The minimum Gasteiger partial charge on any atom is -0.453 e. The summed E-state index contributed by atoms with van der Waals surface area (Å²) in [7, 11) is 0. The molecule has 24 heavy (non-hydrogen) atoms. The highest BCUT2D eigenvalue weighted by atomic mass is 16.5. The topological polar surface area (TPSA) is 29.5 Å². The van der Waals surface area contributed by atoms with Gasteiger partial charge in [0.1, 0.15) is 6.10 Å². The molecule has 4 rings (SSSR count). The number of benzene rings is 1. The molecule has 2 unspecified atom stereocenters. The average molecular weight is 325 g/mol. The number of carbonyl (C=O) groups is 1. The highest BCUT2D eigenvalue weighted by molar-refractivity contribution is 5.95. The maximum absolute atomic E-state index is 11.9. The Balaban J connectivity index is 0.000000815. The highest BCUT2D eigenvalue weighted by Crippen LogP contribution is 2.38. The molecule has 3 nitrogen and oxygen atoms in total. The lowest BCUT2D eigenvalue weighted by Gasteiger charge is -2.37. The third-order valence-electron chi connectivity index (χ3n) is 5.01. The number of nitrogens with zero attached hydrogens (tertiary/aromatic N) is 1. The van der Waals surface area contributed by atoms with Gasteiger partial charge in [-0.25, -0.2) is 4.79 Å². The summed E-state index contributed by atoms with van der Waals surface area (Å²) in [5.41, 5.74) is 4.68. The second-order valence-electron chi connectivity index (χ2n) is 6.50. The van der Waals surface area contributed by atoms with Crippen LogP contribution in [0.25, 0.3) is 5.57 Å². The molecule has 0 bridgehead atoms. The molecule has 1 saturated heterocycles. The predicted octanol–water partition coefficient (Wildman–Crippen LogP) is 4.12. The SMILES string of the molecule is CC.Cc1cccc(C2=CCN3CCCCC3C3OC(=O)C=C23)c1. The maximum atomic E-state index is 11.9. The molecule has 128 valence electrons. The van der Waals surface area contributed by atoms with Gasteiger partial charge in [-0.3, -0.25) is 4.90 Å². The van der Waals surface area contributed by atoms with Gasteiger partial charge >= 0.3 is 5.97 Å². The quantitative estimate of drug-likeness (QED) is 0.727. The molecule has 0 aliphatic carbocycles. The van der Waals surface area contributed by atoms with Crippen LogP contribution in [0.4, 0.5) is 0 Å². The Morgan fingerprint density at radius 3 is 2.83 bits per heavy atom. The number of rotatable bonds is 1. The summed E-state index contributed by atoms with van der Waals surface area (Å²) < 4.78 is 5.68. The number of aryl methyl sites for hydroxylation is 1. The minimum absolute atomic E-state index is 0.0953. The molecule has 0 saturated carbocycles. The van der Waals surface area contributed by atoms with E-state index in [1.54, 1.807) is 6.08 Å². The zero-order valence-corrected chi connectivity index (χ0v) is 14.9. The second kappa shape index (κ2) is 7.35. The van der Waals surface area contributed by atoms with E-state index in [1.807, 2.05) is 13.8 Å². The molecule has 3 aliphatic heterocycles. The van der Waals surface area contributed by atoms with E-state index in [9.17, 15) is 4.79 Å². The summed E-state index contributed by atoms with van der Waals surface area (Å²) in [4.78, 5) is 14.4. The Hall–Kier alpha value is -1.87. The van der Waals surface area contributed by atoms with Gasteiger partial charge in [-0.2, -0.15) is 0 Å². The first-order valence-electron chi connectivity index (χ1n) is 9.16. The third-order valence-corrected chi connectivity index (χ3v) is 5.01. The van der Waals surface area contributed by atoms with Crippen molar-refractivity contribution in [3.8, 4) is 0 Å². The molecule has 3 heterocycles. The van der Waals surface area contributed by atoms with Gasteiger partial charge in [0.2, 0.25) is 0 Å². The maximum Gasteiger partial charge on any atom is 0.331 e. The van der Waals surface area contributed by atoms with E-state index >= 15 is 0 Å². The number of fused-ring (bicyclic) bond motifs is 3. The van der Waals surface area contributed by atoms with Crippen LogP contribution < -0.4 is 0 Å². The smallest absolute Gasteiger partial charge is 0.331 e. The lowest BCUT2D eigenvalue weighted by molar-refractivity contribution is -0.141. The van der Waals surface area contributed by atoms with Crippen LogP contribution in [0.15, 0.2) is 42.0 Å². The third kappa shape index (κ3) is 3.18. The molecular formula is C21H27NO2. The average Bonchev–Trinajstić information content (AvgIpc) is 2.92. The zero-order valence-electron chi connectivity index (χ0n) is 14.9. The summed E-state index contributed by atoms with van der Waals surface area (Å²) in [5.74, 6) is -0.189. The van der Waals surface area contributed by atoms with Crippen molar-refractivity contribution >= 4 is 11.5 Å². The van der Waals surface area contributed by atoms with Gasteiger partial charge in [0, 0.05) is 18.2 Å². The fourth-order valence-corrected chi connectivity index (χ4v) is 3.96. The van der Waals surface area contributed by atoms with E-state index in [4.69, 9.17) is 4.74 Å². The van der Waals surface area contributed by atoms with E-state index in [0.29, 0.717) is 6.04 Å². The van der Waals surface area contributed by atoms with Crippen LogP contribution >= 0.6 is 0 Å². The number of hydrogen-bond acceptors (Lipinski definition) is 3. The van der Waals surface area contributed by atoms with Crippen LogP contribution in [0.5, 0.6) is 0 Å². The van der Waals surface area contributed by atoms with E-state index < -0.39 is 0 Å². The van der Waals surface area contributed by atoms with E-state index in [2.05, 4.69) is 42.2 Å². The number of hydrogen-bond donors (Lipinski definition) is 0. The lowest BCUT2D eigenvalue weighted by Crippen LogP contribution is -2.46. The highest BCUT2D eigenvalue weighted by Gasteiger charge is 2.40.